The molecule has 0 heterocycles. The van der Waals surface area contributed by atoms with Crippen LogP contribution in [0.4, 0.5) is 4.39 Å². The van der Waals surface area contributed by atoms with Crippen LogP contribution in [0.1, 0.15) is 33.6 Å². The van der Waals surface area contributed by atoms with Crippen LogP contribution < -0.4 is 0 Å². The first-order valence-corrected chi connectivity index (χ1v) is 6.17. The van der Waals surface area contributed by atoms with Crippen molar-refractivity contribution >= 4 is 21.8 Å². The summed E-state index contributed by atoms with van der Waals surface area (Å²) in [4.78, 5) is 12.7. The van der Waals surface area contributed by atoms with Crippen LogP contribution in [0, 0.1) is 0 Å². The van der Waals surface area contributed by atoms with E-state index >= 15 is 0 Å². The van der Waals surface area contributed by atoms with Gasteiger partial charge in [-0.05, 0) is 33.6 Å². The highest BCUT2D eigenvalue weighted by molar-refractivity contribution is 9.09. The van der Waals surface area contributed by atoms with E-state index in [0.717, 1.165) is 18.4 Å². The highest BCUT2D eigenvalue weighted by Gasteiger charge is 2.23. The quantitative estimate of drug-likeness (QED) is 0.415. The second-order valence-electron chi connectivity index (χ2n) is 3.85. The van der Waals surface area contributed by atoms with Crippen LogP contribution in [0.15, 0.2) is 12.2 Å². The Hall–Kier alpha value is -0.380. The molecule has 0 spiro atoms. The Morgan fingerprint density at radius 3 is 2.40 bits per heavy atom. The van der Waals surface area contributed by atoms with Crippen LogP contribution in [0.25, 0.3) is 0 Å². The average molecular weight is 280 g/mol. The smallest absolute Gasteiger partial charge is 0.235 e. The zero-order valence-electron chi connectivity index (χ0n) is 9.59. The summed E-state index contributed by atoms with van der Waals surface area (Å²) in [6.45, 7) is 8.97. The molecule has 2 atom stereocenters. The van der Waals surface area contributed by atoms with E-state index in [9.17, 15) is 9.18 Å². The van der Waals surface area contributed by atoms with Gasteiger partial charge >= 0.3 is 0 Å². The van der Waals surface area contributed by atoms with Gasteiger partial charge in [-0.2, -0.15) is 0 Å². The molecule has 4 heteroatoms. The van der Waals surface area contributed by atoms with Crippen molar-refractivity contribution in [1.82, 2.24) is 4.90 Å². The first kappa shape index (κ1) is 14.6. The maximum absolute atomic E-state index is 13.2. The van der Waals surface area contributed by atoms with Crippen molar-refractivity contribution in [3.63, 3.8) is 0 Å². The monoisotopic (exact) mass is 279 g/mol. The molecule has 0 N–H and O–H groups in total. The maximum Gasteiger partial charge on any atom is 0.235 e. The number of carbonyl (C=O) groups is 1. The molecule has 15 heavy (non-hydrogen) atoms. The standard InChI is InChI=1S/C11H19BrFNO/c1-8(2)5-6-9(3)14(10(4)13)11(15)7-12/h9-10H,1,5-7H2,2-4H3/t9-,10?/m1/s1. The fourth-order valence-electron chi connectivity index (χ4n) is 1.46. The SMILES string of the molecule is C=C(C)CC[C@@H](C)N(C(=O)CBr)C(C)F. The molecular weight excluding hydrogens is 261 g/mol. The Morgan fingerprint density at radius 1 is 1.53 bits per heavy atom. The summed E-state index contributed by atoms with van der Waals surface area (Å²) in [5, 5.41) is 0.165. The van der Waals surface area contributed by atoms with E-state index in [1.54, 1.807) is 0 Å². The highest BCUT2D eigenvalue weighted by atomic mass is 79.9. The van der Waals surface area contributed by atoms with Crippen molar-refractivity contribution in [2.75, 3.05) is 5.33 Å². The Bertz CT molecular complexity index is 231. The third-order valence-corrected chi connectivity index (χ3v) is 2.73. The molecule has 0 aromatic rings. The lowest BCUT2D eigenvalue weighted by atomic mass is 10.1. The zero-order chi connectivity index (χ0) is 12.0. The largest absolute Gasteiger partial charge is 0.309 e. The number of halogens is 2. The topological polar surface area (TPSA) is 20.3 Å². The van der Waals surface area contributed by atoms with Crippen molar-refractivity contribution in [1.29, 1.82) is 0 Å². The molecular formula is C11H19BrFNO. The molecule has 0 aliphatic rings. The molecule has 0 aromatic heterocycles. The lowest BCUT2D eigenvalue weighted by Crippen LogP contribution is -2.43. The van der Waals surface area contributed by atoms with Gasteiger partial charge in [0.05, 0.1) is 5.33 Å². The summed E-state index contributed by atoms with van der Waals surface area (Å²) in [5.41, 5.74) is 1.06. The third kappa shape index (κ3) is 5.30. The molecule has 2 nitrogen and oxygen atoms in total. The molecule has 0 rings (SSSR count). The minimum Gasteiger partial charge on any atom is -0.309 e. The fourth-order valence-corrected chi connectivity index (χ4v) is 1.75. The average Bonchev–Trinajstić information content (AvgIpc) is 2.14. The summed E-state index contributed by atoms with van der Waals surface area (Å²) >= 11 is 3.06. The van der Waals surface area contributed by atoms with E-state index in [1.165, 1.54) is 11.8 Å². The summed E-state index contributed by atoms with van der Waals surface area (Å²) in [7, 11) is 0. The van der Waals surface area contributed by atoms with Crippen LogP contribution >= 0.6 is 15.9 Å². The van der Waals surface area contributed by atoms with Crippen molar-refractivity contribution < 1.29 is 9.18 Å². The third-order valence-electron chi connectivity index (χ3n) is 2.25. The van der Waals surface area contributed by atoms with Gasteiger partial charge in [0, 0.05) is 6.04 Å². The van der Waals surface area contributed by atoms with Gasteiger partial charge in [-0.1, -0.05) is 21.5 Å². The number of nitrogens with zero attached hydrogens (tertiary/aromatic N) is 1. The highest BCUT2D eigenvalue weighted by Crippen LogP contribution is 2.15. The van der Waals surface area contributed by atoms with Crippen LogP contribution in [0.3, 0.4) is 0 Å². The van der Waals surface area contributed by atoms with Crippen LogP contribution in [0.5, 0.6) is 0 Å². The van der Waals surface area contributed by atoms with E-state index in [-0.39, 0.29) is 17.3 Å². The Balaban J connectivity index is 4.35. The summed E-state index contributed by atoms with van der Waals surface area (Å²) < 4.78 is 13.2. The molecule has 0 radical (unpaired) electrons. The fraction of sp³-hybridized carbons (Fsp3) is 0.727. The first-order valence-electron chi connectivity index (χ1n) is 5.05. The molecule has 0 bridgehead atoms. The van der Waals surface area contributed by atoms with Gasteiger partial charge in [0.2, 0.25) is 5.91 Å². The molecule has 0 aromatic carbocycles. The lowest BCUT2D eigenvalue weighted by molar-refractivity contribution is -0.136. The van der Waals surface area contributed by atoms with Crippen molar-refractivity contribution in [2.24, 2.45) is 0 Å². The molecule has 1 unspecified atom stereocenters. The van der Waals surface area contributed by atoms with Gasteiger partial charge in [-0.25, -0.2) is 4.39 Å². The van der Waals surface area contributed by atoms with Crippen LogP contribution in [-0.4, -0.2) is 28.5 Å². The molecule has 1 amide bonds. The Labute approximate surface area is 99.7 Å². The predicted molar refractivity (Wildman–Crippen MR) is 64.7 cm³/mol. The van der Waals surface area contributed by atoms with E-state index in [0.29, 0.717) is 0 Å². The van der Waals surface area contributed by atoms with Crippen molar-refractivity contribution in [2.45, 2.75) is 46.0 Å². The first-order chi connectivity index (χ1) is 6.90. The molecule has 0 saturated heterocycles. The second kappa shape index (κ2) is 6.99. The number of hydrogen-bond donors (Lipinski definition) is 0. The Kier molecular flexibility index (Phi) is 6.81. The summed E-state index contributed by atoms with van der Waals surface area (Å²) in [6.07, 6.45) is 0.331. The van der Waals surface area contributed by atoms with E-state index < -0.39 is 6.30 Å². The van der Waals surface area contributed by atoms with E-state index in [4.69, 9.17) is 0 Å². The van der Waals surface area contributed by atoms with E-state index in [1.807, 2.05) is 13.8 Å². The van der Waals surface area contributed by atoms with Crippen molar-refractivity contribution in [3.8, 4) is 0 Å². The summed E-state index contributed by atoms with van der Waals surface area (Å²) in [6, 6.07) is -0.0910. The van der Waals surface area contributed by atoms with Crippen LogP contribution in [0.2, 0.25) is 0 Å². The molecule has 0 fully saturated rings. The van der Waals surface area contributed by atoms with Gasteiger partial charge in [-0.15, -0.1) is 6.58 Å². The van der Waals surface area contributed by atoms with Gasteiger partial charge in [0.1, 0.15) is 0 Å². The van der Waals surface area contributed by atoms with E-state index in [2.05, 4.69) is 22.5 Å². The number of allylic oxidation sites excluding steroid dienone is 1. The minimum absolute atomic E-state index is 0.0910. The molecule has 0 saturated carbocycles. The molecule has 0 aliphatic heterocycles. The number of alkyl halides is 2. The number of rotatable bonds is 6. The van der Waals surface area contributed by atoms with Crippen molar-refractivity contribution in [3.05, 3.63) is 12.2 Å². The normalized spacial score (nSPS) is 14.5. The summed E-state index contributed by atoms with van der Waals surface area (Å²) in [5.74, 6) is -0.209. The molecule has 0 aliphatic carbocycles. The predicted octanol–water partition coefficient (Wildman–Crippen LogP) is 3.27. The van der Waals surface area contributed by atoms with Gasteiger partial charge in [0.25, 0.3) is 0 Å². The maximum atomic E-state index is 13.2. The van der Waals surface area contributed by atoms with Gasteiger partial charge in [-0.3, -0.25) is 4.79 Å². The van der Waals surface area contributed by atoms with Crippen LogP contribution in [-0.2, 0) is 4.79 Å². The second-order valence-corrected chi connectivity index (χ2v) is 4.41. The van der Waals surface area contributed by atoms with Gasteiger partial charge < -0.3 is 4.90 Å². The Morgan fingerprint density at radius 2 is 2.07 bits per heavy atom. The molecule has 88 valence electrons. The lowest BCUT2D eigenvalue weighted by Gasteiger charge is -2.30. The number of carbonyl (C=O) groups excluding carboxylic acids is 1. The number of hydrogen-bond acceptors (Lipinski definition) is 1. The van der Waals surface area contributed by atoms with Gasteiger partial charge in [0.15, 0.2) is 6.30 Å². The minimum atomic E-state index is -1.24. The zero-order valence-corrected chi connectivity index (χ0v) is 11.2. The number of amides is 1.